The second kappa shape index (κ2) is 17.3. The van der Waals surface area contributed by atoms with E-state index in [9.17, 15) is 45.9 Å². The first-order valence-corrected chi connectivity index (χ1v) is 17.6. The molecule has 0 aliphatic heterocycles. The van der Waals surface area contributed by atoms with Crippen LogP contribution in [0.25, 0.3) is 0 Å². The molecule has 4 rings (SSSR count). The largest absolute Gasteiger partial charge is 0.497 e. The molecular formula is C38H38Cl2F5N3O6. The lowest BCUT2D eigenvalue weighted by atomic mass is 9.82. The van der Waals surface area contributed by atoms with Gasteiger partial charge in [0.2, 0.25) is 17.6 Å². The summed E-state index contributed by atoms with van der Waals surface area (Å²) in [5, 5.41) is 7.21. The zero-order chi connectivity index (χ0) is 40.0. The van der Waals surface area contributed by atoms with Crippen LogP contribution in [0.3, 0.4) is 0 Å². The van der Waals surface area contributed by atoms with Crippen molar-refractivity contribution in [2.24, 2.45) is 11.8 Å². The molecule has 0 spiro atoms. The number of carbonyl (C=O) groups is 5. The molecule has 3 amide bonds. The summed E-state index contributed by atoms with van der Waals surface area (Å²) in [6, 6.07) is 16.2. The van der Waals surface area contributed by atoms with Gasteiger partial charge in [0.1, 0.15) is 24.4 Å². The van der Waals surface area contributed by atoms with Crippen LogP contribution in [0.5, 0.6) is 5.75 Å². The number of halogens is 7. The fourth-order valence-electron chi connectivity index (χ4n) is 5.95. The van der Waals surface area contributed by atoms with E-state index in [-0.39, 0.29) is 12.0 Å². The molecule has 0 saturated heterocycles. The number of benzene rings is 3. The Kier molecular flexibility index (Phi) is 13.5. The second-order valence-corrected chi connectivity index (χ2v) is 14.3. The predicted octanol–water partition coefficient (Wildman–Crippen LogP) is 6.73. The van der Waals surface area contributed by atoms with Crippen LogP contribution in [-0.4, -0.2) is 61.1 Å². The Balaban J connectivity index is 1.65. The fraction of sp³-hybridized carbons (Fsp3) is 0.395. The third-order valence-electron chi connectivity index (χ3n) is 9.18. The highest BCUT2D eigenvalue weighted by molar-refractivity contribution is 6.31. The molecule has 0 unspecified atom stereocenters. The van der Waals surface area contributed by atoms with E-state index in [1.54, 1.807) is 48.5 Å². The van der Waals surface area contributed by atoms with E-state index >= 15 is 0 Å². The standard InChI is InChI=1S/C38H38Cl2F5N3O6/c1-21(2)28(32(50)38(44,45)35(53)46-20-37(41,42)43)19-30(49)31(23-10-12-27(54-3)13-11-23)48-33(51)29(17-22-6-4-8-25(39)16-22)47-34(52)36(14-15-36)24-7-5-9-26(40)18-24/h4-13,16,18,21,28-29,31H,14-15,17,19-20H2,1-3H3,(H,46,53)(H,47,52)(H,48,51)/t28-,29-,31-/m0/s1. The summed E-state index contributed by atoms with van der Waals surface area (Å²) < 4.78 is 73.0. The van der Waals surface area contributed by atoms with Gasteiger partial charge in [-0.3, -0.25) is 24.0 Å². The average Bonchev–Trinajstić information content (AvgIpc) is 3.93. The lowest BCUT2D eigenvalue weighted by Gasteiger charge is -2.28. The Labute approximate surface area is 318 Å². The van der Waals surface area contributed by atoms with Crippen molar-refractivity contribution in [1.29, 1.82) is 0 Å². The van der Waals surface area contributed by atoms with Gasteiger partial charge < -0.3 is 20.7 Å². The van der Waals surface area contributed by atoms with Gasteiger partial charge in [-0.1, -0.05) is 73.4 Å². The van der Waals surface area contributed by atoms with Crippen LogP contribution < -0.4 is 20.7 Å². The van der Waals surface area contributed by atoms with Crippen molar-refractivity contribution in [3.63, 3.8) is 0 Å². The minimum absolute atomic E-state index is 0.0837. The Morgan fingerprint density at radius 2 is 1.46 bits per heavy atom. The monoisotopic (exact) mass is 797 g/mol. The van der Waals surface area contributed by atoms with E-state index < -0.39 is 83.7 Å². The summed E-state index contributed by atoms with van der Waals surface area (Å²) in [5.74, 6) is -14.2. The zero-order valence-corrected chi connectivity index (χ0v) is 30.9. The highest BCUT2D eigenvalue weighted by Gasteiger charge is 2.53. The Morgan fingerprint density at radius 1 is 0.852 bits per heavy atom. The van der Waals surface area contributed by atoms with Crippen molar-refractivity contribution in [3.05, 3.63) is 99.5 Å². The van der Waals surface area contributed by atoms with Gasteiger partial charge in [0.05, 0.1) is 12.5 Å². The third kappa shape index (κ3) is 10.6. The molecule has 9 nitrogen and oxygen atoms in total. The van der Waals surface area contributed by atoms with Crippen LogP contribution in [0.4, 0.5) is 22.0 Å². The molecule has 1 fully saturated rings. The van der Waals surface area contributed by atoms with Crippen molar-refractivity contribution >= 4 is 52.5 Å². The number of ketones is 2. The molecule has 0 aromatic heterocycles. The van der Waals surface area contributed by atoms with Gasteiger partial charge in [0.15, 0.2) is 5.78 Å². The lowest BCUT2D eigenvalue weighted by molar-refractivity contribution is -0.167. The van der Waals surface area contributed by atoms with Crippen molar-refractivity contribution in [2.45, 2.75) is 69.1 Å². The number of methoxy groups -OCH3 is 1. The molecule has 0 bridgehead atoms. The lowest BCUT2D eigenvalue weighted by Crippen LogP contribution is -2.53. The van der Waals surface area contributed by atoms with Crippen molar-refractivity contribution < 1.29 is 50.7 Å². The number of rotatable bonds is 17. The molecule has 3 atom stereocenters. The molecular weight excluding hydrogens is 760 g/mol. The molecule has 290 valence electrons. The third-order valence-corrected chi connectivity index (χ3v) is 9.65. The van der Waals surface area contributed by atoms with Gasteiger partial charge in [-0.25, -0.2) is 0 Å². The van der Waals surface area contributed by atoms with Crippen LogP contribution in [0.2, 0.25) is 10.0 Å². The minimum atomic E-state index is -5.02. The summed E-state index contributed by atoms with van der Waals surface area (Å²) in [5.41, 5.74) is 0.392. The number of hydrogen-bond acceptors (Lipinski definition) is 6. The van der Waals surface area contributed by atoms with Gasteiger partial charge in [0, 0.05) is 28.8 Å². The highest BCUT2D eigenvalue weighted by atomic mass is 35.5. The number of alkyl halides is 5. The molecule has 3 aromatic rings. The van der Waals surface area contributed by atoms with Crippen LogP contribution in [0.15, 0.2) is 72.8 Å². The summed E-state index contributed by atoms with van der Waals surface area (Å²) in [6.07, 6.45) is -5.09. The molecule has 0 heterocycles. The first kappa shape index (κ1) is 42.2. The SMILES string of the molecule is COc1ccc([C@H](NC(=O)[C@H](Cc2cccc(Cl)c2)NC(=O)C2(c3cccc(Cl)c3)CC2)C(=O)C[C@H](C(=O)C(F)(F)C(=O)NCC(F)(F)F)C(C)C)cc1. The van der Waals surface area contributed by atoms with Crippen molar-refractivity contribution in [2.75, 3.05) is 13.7 Å². The minimum Gasteiger partial charge on any atom is -0.497 e. The maximum absolute atomic E-state index is 15.0. The first-order valence-electron chi connectivity index (χ1n) is 16.8. The van der Waals surface area contributed by atoms with Crippen molar-refractivity contribution in [1.82, 2.24) is 16.0 Å². The van der Waals surface area contributed by atoms with Gasteiger partial charge in [-0.2, -0.15) is 22.0 Å². The molecule has 1 aliphatic carbocycles. The highest BCUT2D eigenvalue weighted by Crippen LogP contribution is 2.49. The molecule has 0 radical (unpaired) electrons. The molecule has 1 aliphatic rings. The first-order chi connectivity index (χ1) is 25.3. The molecule has 16 heteroatoms. The number of nitrogens with one attached hydrogen (secondary N) is 3. The quantitative estimate of drug-likeness (QED) is 0.103. The van der Waals surface area contributed by atoms with Crippen LogP contribution >= 0.6 is 23.2 Å². The maximum atomic E-state index is 15.0. The molecule has 54 heavy (non-hydrogen) atoms. The van der Waals surface area contributed by atoms with E-state index in [1.807, 2.05) is 0 Å². The second-order valence-electron chi connectivity index (χ2n) is 13.4. The average molecular weight is 799 g/mol. The normalized spacial score (nSPS) is 15.4. The predicted molar refractivity (Wildman–Crippen MR) is 190 cm³/mol. The maximum Gasteiger partial charge on any atom is 0.405 e. The van der Waals surface area contributed by atoms with Gasteiger partial charge in [-0.15, -0.1) is 0 Å². The van der Waals surface area contributed by atoms with Gasteiger partial charge >= 0.3 is 12.1 Å². The van der Waals surface area contributed by atoms with Crippen LogP contribution in [0, 0.1) is 11.8 Å². The van der Waals surface area contributed by atoms with Crippen molar-refractivity contribution in [3.8, 4) is 5.75 Å². The summed E-state index contributed by atoms with van der Waals surface area (Å²) >= 11 is 12.4. The Hall–Kier alpha value is -4.56. The fourth-order valence-corrected chi connectivity index (χ4v) is 6.36. The number of amides is 3. The molecule has 1 saturated carbocycles. The van der Waals surface area contributed by atoms with E-state index in [4.69, 9.17) is 27.9 Å². The summed E-state index contributed by atoms with van der Waals surface area (Å²) in [4.78, 5) is 67.2. The number of Topliss-reactive ketones (excluding diaryl/α,β-unsaturated/α-hetero) is 2. The summed E-state index contributed by atoms with van der Waals surface area (Å²) in [6.45, 7) is 0.550. The number of ether oxygens (including phenoxy) is 1. The van der Waals surface area contributed by atoms with Gasteiger partial charge in [-0.05, 0) is 71.8 Å². The summed E-state index contributed by atoms with van der Waals surface area (Å²) in [7, 11) is 1.39. The number of hydrogen-bond donors (Lipinski definition) is 3. The number of carbonyl (C=O) groups excluding carboxylic acids is 5. The molecule has 3 aromatic carbocycles. The Bertz CT molecular complexity index is 1870. The Morgan fingerprint density at radius 3 is 2.00 bits per heavy atom. The van der Waals surface area contributed by atoms with E-state index in [2.05, 4.69) is 10.6 Å². The topological polar surface area (TPSA) is 131 Å². The van der Waals surface area contributed by atoms with E-state index in [0.29, 0.717) is 39.8 Å². The van der Waals surface area contributed by atoms with Crippen LogP contribution in [-0.2, 0) is 35.8 Å². The van der Waals surface area contributed by atoms with Gasteiger partial charge in [0.25, 0.3) is 5.91 Å². The molecule has 3 N–H and O–H groups in total. The van der Waals surface area contributed by atoms with E-state index in [0.717, 1.165) is 5.32 Å². The van der Waals surface area contributed by atoms with Crippen LogP contribution in [0.1, 0.15) is 55.8 Å². The smallest absolute Gasteiger partial charge is 0.405 e. The zero-order valence-electron chi connectivity index (χ0n) is 29.4. The van der Waals surface area contributed by atoms with E-state index in [1.165, 1.54) is 45.2 Å².